The predicted octanol–water partition coefficient (Wildman–Crippen LogP) is 1.000. The number of piperazine rings is 2. The molecule has 1 aromatic carbocycles. The number of rotatable bonds is 3. The molecule has 0 saturated carbocycles. The van der Waals surface area contributed by atoms with Crippen LogP contribution in [0.3, 0.4) is 0 Å². The Morgan fingerprint density at radius 1 is 0.727 bits per heavy atom. The Balaban J connectivity index is 1.90. The van der Waals surface area contributed by atoms with Gasteiger partial charge in [-0.05, 0) is 26.2 Å². The van der Waals surface area contributed by atoms with Crippen LogP contribution in [-0.2, 0) is 4.57 Å². The van der Waals surface area contributed by atoms with Gasteiger partial charge in [-0.25, -0.2) is 9.34 Å². The first-order valence-electron chi connectivity index (χ1n) is 8.14. The van der Waals surface area contributed by atoms with E-state index < -0.39 is 7.44 Å². The molecular formula is C16H27N4OP. The van der Waals surface area contributed by atoms with Gasteiger partial charge in [0.2, 0.25) is 7.44 Å². The Morgan fingerprint density at radius 2 is 1.14 bits per heavy atom. The first kappa shape index (κ1) is 16.2. The fourth-order valence-electron chi connectivity index (χ4n) is 3.26. The summed E-state index contributed by atoms with van der Waals surface area (Å²) in [5.41, 5.74) is 0. The van der Waals surface area contributed by atoms with Crippen LogP contribution in [0.4, 0.5) is 0 Å². The summed E-state index contributed by atoms with van der Waals surface area (Å²) < 4.78 is 18.6. The highest BCUT2D eigenvalue weighted by Gasteiger charge is 2.40. The summed E-state index contributed by atoms with van der Waals surface area (Å²) in [6, 6.07) is 10.1. The summed E-state index contributed by atoms with van der Waals surface area (Å²) in [4.78, 5) is 4.63. The van der Waals surface area contributed by atoms with Gasteiger partial charge in [0.05, 0.1) is 0 Å². The van der Waals surface area contributed by atoms with Crippen molar-refractivity contribution in [1.29, 1.82) is 0 Å². The normalized spacial score (nSPS) is 23.7. The average molecular weight is 322 g/mol. The largest absolute Gasteiger partial charge is 0.304 e. The number of benzene rings is 1. The van der Waals surface area contributed by atoms with Crippen molar-refractivity contribution in [3.63, 3.8) is 0 Å². The van der Waals surface area contributed by atoms with Gasteiger partial charge in [0.1, 0.15) is 0 Å². The van der Waals surface area contributed by atoms with Crippen LogP contribution in [0, 0.1) is 0 Å². The second kappa shape index (κ2) is 6.81. The molecule has 6 heteroatoms. The molecule has 0 atom stereocenters. The van der Waals surface area contributed by atoms with Crippen molar-refractivity contribution in [3.8, 4) is 0 Å². The number of nitrogens with zero attached hydrogens (tertiary/aromatic N) is 4. The van der Waals surface area contributed by atoms with Crippen molar-refractivity contribution >= 4 is 12.7 Å². The molecule has 0 N–H and O–H groups in total. The smallest absolute Gasteiger partial charge is 0.245 e. The van der Waals surface area contributed by atoms with Crippen LogP contribution in [0.15, 0.2) is 30.3 Å². The molecule has 2 heterocycles. The summed E-state index contributed by atoms with van der Waals surface area (Å²) in [7, 11) is 1.62. The molecule has 3 rings (SSSR count). The Hall–Kier alpha value is -0.710. The van der Waals surface area contributed by atoms with E-state index in [9.17, 15) is 4.57 Å². The van der Waals surface area contributed by atoms with E-state index in [0.29, 0.717) is 0 Å². The lowest BCUT2D eigenvalue weighted by Crippen LogP contribution is -2.51. The Morgan fingerprint density at radius 3 is 1.55 bits per heavy atom. The molecular weight excluding hydrogens is 295 g/mol. The quantitative estimate of drug-likeness (QED) is 0.775. The van der Waals surface area contributed by atoms with Crippen molar-refractivity contribution in [1.82, 2.24) is 19.1 Å². The molecule has 1 aromatic rings. The zero-order valence-corrected chi connectivity index (χ0v) is 14.6. The summed E-state index contributed by atoms with van der Waals surface area (Å²) in [5.74, 6) is 0. The lowest BCUT2D eigenvalue weighted by atomic mass is 10.4. The van der Waals surface area contributed by atoms with Crippen LogP contribution >= 0.6 is 7.44 Å². The van der Waals surface area contributed by atoms with Crippen LogP contribution in [0.1, 0.15) is 0 Å². The van der Waals surface area contributed by atoms with E-state index in [0.717, 1.165) is 57.7 Å². The van der Waals surface area contributed by atoms with Crippen LogP contribution in [0.25, 0.3) is 0 Å². The van der Waals surface area contributed by atoms with E-state index >= 15 is 0 Å². The lowest BCUT2D eigenvalue weighted by molar-refractivity contribution is 0.186. The Bertz CT molecular complexity index is 496. The van der Waals surface area contributed by atoms with Crippen molar-refractivity contribution in [2.24, 2.45) is 0 Å². The van der Waals surface area contributed by atoms with E-state index in [1.165, 1.54) is 0 Å². The van der Waals surface area contributed by atoms with Crippen LogP contribution < -0.4 is 5.30 Å². The maximum atomic E-state index is 14.2. The standard InChI is InChI=1S/C16H27N4OP/c1-17-8-12-19(13-9-17)22(21,16-6-4-3-5-7-16)20-14-10-18(2)11-15-20/h3-7H,8-15H2,1-2H3. The number of hydrogen-bond donors (Lipinski definition) is 0. The van der Waals surface area contributed by atoms with E-state index in [2.05, 4.69) is 33.2 Å². The molecule has 0 aromatic heterocycles. The highest BCUT2D eigenvalue weighted by Crippen LogP contribution is 2.52. The van der Waals surface area contributed by atoms with Gasteiger partial charge >= 0.3 is 0 Å². The molecule has 0 spiro atoms. The third-order valence-corrected chi connectivity index (χ3v) is 8.12. The fourth-order valence-corrected chi connectivity index (χ4v) is 6.28. The number of likely N-dealkylation sites (N-methyl/N-ethyl adjacent to an activating group) is 2. The summed E-state index contributed by atoms with van der Waals surface area (Å²) >= 11 is 0. The second-order valence-corrected chi connectivity index (χ2v) is 9.13. The predicted molar refractivity (Wildman–Crippen MR) is 91.8 cm³/mol. The number of hydrogen-bond acceptors (Lipinski definition) is 3. The van der Waals surface area contributed by atoms with Crippen molar-refractivity contribution < 1.29 is 4.57 Å². The minimum atomic E-state index is -2.66. The van der Waals surface area contributed by atoms with Gasteiger partial charge in [-0.1, -0.05) is 18.2 Å². The molecule has 0 amide bonds. The zero-order chi connectivity index (χ0) is 15.6. The molecule has 0 bridgehead atoms. The Kier molecular flexibility index (Phi) is 5.00. The van der Waals surface area contributed by atoms with Gasteiger partial charge < -0.3 is 9.80 Å². The SMILES string of the molecule is CN1CCN(P(=O)(c2ccccc2)N2CCN(C)CC2)CC1. The highest BCUT2D eigenvalue weighted by atomic mass is 31.2. The summed E-state index contributed by atoms with van der Waals surface area (Å²) in [6.07, 6.45) is 0. The van der Waals surface area contributed by atoms with Crippen LogP contribution in [0.2, 0.25) is 0 Å². The van der Waals surface area contributed by atoms with E-state index in [1.54, 1.807) is 0 Å². The zero-order valence-electron chi connectivity index (χ0n) is 13.7. The first-order valence-corrected chi connectivity index (χ1v) is 9.75. The topological polar surface area (TPSA) is 30.0 Å². The van der Waals surface area contributed by atoms with Crippen LogP contribution in [-0.4, -0.2) is 85.6 Å². The van der Waals surface area contributed by atoms with E-state index in [-0.39, 0.29) is 0 Å². The van der Waals surface area contributed by atoms with Gasteiger partial charge in [0.25, 0.3) is 0 Å². The van der Waals surface area contributed by atoms with Gasteiger partial charge in [-0.3, -0.25) is 4.57 Å². The van der Waals surface area contributed by atoms with Crippen molar-refractivity contribution in [3.05, 3.63) is 30.3 Å². The molecule has 2 saturated heterocycles. The Labute approximate surface area is 134 Å². The van der Waals surface area contributed by atoms with Gasteiger partial charge in [-0.15, -0.1) is 0 Å². The molecule has 0 unspecified atom stereocenters. The minimum absolute atomic E-state index is 0.884. The molecule has 5 nitrogen and oxygen atoms in total. The van der Waals surface area contributed by atoms with Crippen LogP contribution in [0.5, 0.6) is 0 Å². The van der Waals surface area contributed by atoms with Crippen molar-refractivity contribution in [2.75, 3.05) is 66.5 Å². The van der Waals surface area contributed by atoms with Gasteiger partial charge in [0.15, 0.2) is 0 Å². The minimum Gasteiger partial charge on any atom is -0.304 e. The third kappa shape index (κ3) is 3.15. The first-order chi connectivity index (χ1) is 10.6. The lowest BCUT2D eigenvalue weighted by Gasteiger charge is -2.45. The van der Waals surface area contributed by atoms with Gasteiger partial charge in [0, 0.05) is 57.7 Å². The highest BCUT2D eigenvalue weighted by molar-refractivity contribution is 7.67. The van der Waals surface area contributed by atoms with E-state index in [4.69, 9.17) is 0 Å². The average Bonchev–Trinajstić information content (AvgIpc) is 2.56. The molecule has 2 aliphatic rings. The molecule has 0 radical (unpaired) electrons. The molecule has 22 heavy (non-hydrogen) atoms. The monoisotopic (exact) mass is 322 g/mol. The molecule has 2 aliphatic heterocycles. The van der Waals surface area contributed by atoms with Crippen molar-refractivity contribution in [2.45, 2.75) is 0 Å². The molecule has 2 fully saturated rings. The maximum Gasteiger partial charge on any atom is 0.245 e. The second-order valence-electron chi connectivity index (χ2n) is 6.39. The third-order valence-electron chi connectivity index (χ3n) is 4.82. The van der Waals surface area contributed by atoms with Gasteiger partial charge in [-0.2, -0.15) is 0 Å². The molecule has 122 valence electrons. The van der Waals surface area contributed by atoms with E-state index in [1.807, 2.05) is 30.3 Å². The summed E-state index contributed by atoms with van der Waals surface area (Å²) in [6.45, 7) is 7.50. The fraction of sp³-hybridized carbons (Fsp3) is 0.625. The summed E-state index contributed by atoms with van der Waals surface area (Å²) in [5, 5.41) is 0.990. The maximum absolute atomic E-state index is 14.2. The molecule has 0 aliphatic carbocycles.